The Kier molecular flexibility index (Phi) is 8.25. The Balaban J connectivity index is 1.45. The predicted molar refractivity (Wildman–Crippen MR) is 118 cm³/mol. The molecule has 1 aromatic rings. The van der Waals surface area contributed by atoms with Crippen LogP contribution in [0.15, 0.2) is 30.4 Å². The maximum atomic E-state index is 14.0. The SMILES string of the molecule is C[C@@H](NS(=O)(=O)CC/C=C/CN1CCC(=O)NC1=O)c1ccc(F)c(OCC2CCC2)c1. The molecule has 1 atom stereocenters. The van der Waals surface area contributed by atoms with Crippen molar-refractivity contribution in [1.82, 2.24) is 14.9 Å². The fourth-order valence-electron chi connectivity index (χ4n) is 3.48. The smallest absolute Gasteiger partial charge is 0.324 e. The Bertz CT molecular complexity index is 962. The second kappa shape index (κ2) is 10.9. The molecule has 0 aromatic heterocycles. The molecule has 2 fully saturated rings. The quantitative estimate of drug-likeness (QED) is 0.487. The largest absolute Gasteiger partial charge is 0.490 e. The van der Waals surface area contributed by atoms with Crippen LogP contribution in [-0.2, 0) is 14.8 Å². The molecule has 2 N–H and O–H groups in total. The van der Waals surface area contributed by atoms with Crippen LogP contribution in [0, 0.1) is 11.7 Å². The number of urea groups is 1. The molecule has 3 rings (SSSR count). The van der Waals surface area contributed by atoms with E-state index in [1.54, 1.807) is 31.2 Å². The van der Waals surface area contributed by atoms with Gasteiger partial charge in [0.1, 0.15) is 0 Å². The third-order valence-electron chi connectivity index (χ3n) is 5.70. The first-order valence-electron chi connectivity index (χ1n) is 10.9. The fourth-order valence-corrected chi connectivity index (χ4v) is 4.72. The van der Waals surface area contributed by atoms with Crippen molar-refractivity contribution in [3.63, 3.8) is 0 Å². The normalized spacial score (nSPS) is 18.5. The molecule has 1 saturated carbocycles. The molecule has 1 aromatic carbocycles. The maximum absolute atomic E-state index is 14.0. The van der Waals surface area contributed by atoms with E-state index in [9.17, 15) is 22.4 Å². The molecular weight excluding hydrogens is 437 g/mol. The second-order valence-corrected chi connectivity index (χ2v) is 10.1. The number of hydrogen-bond acceptors (Lipinski definition) is 5. The maximum Gasteiger partial charge on any atom is 0.324 e. The van der Waals surface area contributed by atoms with Gasteiger partial charge in [0.25, 0.3) is 0 Å². The number of carbonyl (C=O) groups is 2. The first-order valence-corrected chi connectivity index (χ1v) is 12.5. The lowest BCUT2D eigenvalue weighted by Crippen LogP contribution is -2.49. The zero-order chi connectivity index (χ0) is 23.1. The molecule has 8 nitrogen and oxygen atoms in total. The summed E-state index contributed by atoms with van der Waals surface area (Å²) in [5, 5.41) is 2.23. The fraction of sp³-hybridized carbons (Fsp3) is 0.545. The first-order chi connectivity index (χ1) is 15.2. The summed E-state index contributed by atoms with van der Waals surface area (Å²) in [5.74, 6) is -0.259. The Labute approximate surface area is 188 Å². The number of nitrogens with one attached hydrogen (secondary N) is 2. The van der Waals surface area contributed by atoms with Gasteiger partial charge in [0, 0.05) is 25.6 Å². The number of amides is 3. The van der Waals surface area contributed by atoms with Gasteiger partial charge in [-0.25, -0.2) is 22.3 Å². The molecule has 2 aliphatic rings. The van der Waals surface area contributed by atoms with E-state index in [4.69, 9.17) is 4.74 Å². The molecule has 1 heterocycles. The van der Waals surface area contributed by atoms with Gasteiger partial charge in [-0.1, -0.05) is 24.6 Å². The van der Waals surface area contributed by atoms with E-state index in [0.29, 0.717) is 31.2 Å². The lowest BCUT2D eigenvalue weighted by molar-refractivity contribution is -0.121. The molecular formula is C22H30FN3O5S. The van der Waals surface area contributed by atoms with E-state index >= 15 is 0 Å². The molecule has 0 spiro atoms. The summed E-state index contributed by atoms with van der Waals surface area (Å²) in [7, 11) is -3.57. The van der Waals surface area contributed by atoms with Crippen molar-refractivity contribution in [2.75, 3.05) is 25.4 Å². The number of carbonyl (C=O) groups excluding carboxylic acids is 2. The van der Waals surface area contributed by atoms with Gasteiger partial charge >= 0.3 is 6.03 Å². The van der Waals surface area contributed by atoms with Gasteiger partial charge in [0.2, 0.25) is 15.9 Å². The van der Waals surface area contributed by atoms with Gasteiger partial charge < -0.3 is 9.64 Å². The molecule has 1 aliphatic carbocycles. The number of halogens is 1. The lowest BCUT2D eigenvalue weighted by Gasteiger charge is -2.25. The highest BCUT2D eigenvalue weighted by Crippen LogP contribution is 2.29. The highest BCUT2D eigenvalue weighted by molar-refractivity contribution is 7.89. The summed E-state index contributed by atoms with van der Waals surface area (Å²) in [6, 6.07) is 3.42. The molecule has 1 saturated heterocycles. The average molecular weight is 468 g/mol. The topological polar surface area (TPSA) is 105 Å². The van der Waals surface area contributed by atoms with Crippen LogP contribution in [0.2, 0.25) is 0 Å². The van der Waals surface area contributed by atoms with Crippen molar-refractivity contribution in [2.45, 2.75) is 45.1 Å². The van der Waals surface area contributed by atoms with Gasteiger partial charge in [-0.2, -0.15) is 0 Å². The van der Waals surface area contributed by atoms with Gasteiger partial charge in [-0.15, -0.1) is 0 Å². The highest BCUT2D eigenvalue weighted by atomic mass is 32.2. The van der Waals surface area contributed by atoms with Crippen LogP contribution in [0.25, 0.3) is 0 Å². The molecule has 0 bridgehead atoms. The Hall–Kier alpha value is -2.46. The minimum atomic E-state index is -3.57. The minimum Gasteiger partial charge on any atom is -0.490 e. The summed E-state index contributed by atoms with van der Waals surface area (Å²) in [4.78, 5) is 24.3. The number of imide groups is 1. The third-order valence-corrected chi connectivity index (χ3v) is 7.18. The van der Waals surface area contributed by atoms with E-state index in [1.165, 1.54) is 17.4 Å². The molecule has 32 heavy (non-hydrogen) atoms. The van der Waals surface area contributed by atoms with Gasteiger partial charge in [-0.05, 0) is 49.8 Å². The van der Waals surface area contributed by atoms with Crippen LogP contribution in [0.3, 0.4) is 0 Å². The number of ether oxygens (including phenoxy) is 1. The lowest BCUT2D eigenvalue weighted by atomic mass is 9.86. The van der Waals surface area contributed by atoms with Crippen LogP contribution in [0.1, 0.15) is 50.6 Å². The van der Waals surface area contributed by atoms with Gasteiger partial charge in [0.15, 0.2) is 11.6 Å². The standard InChI is InChI=1S/C22H30FN3O5S/c1-16(18-8-9-19(23)20(14-18)31-15-17-6-5-7-17)25-32(29,30)13-4-2-3-11-26-12-10-21(27)24-22(26)28/h2-3,8-9,14,16-17,25H,4-7,10-13,15H2,1H3,(H,24,27,28)/b3-2+/t16-/m1/s1. The summed E-state index contributed by atoms with van der Waals surface area (Å²) in [6.07, 6.45) is 7.30. The van der Waals surface area contributed by atoms with Gasteiger partial charge in [-0.3, -0.25) is 10.1 Å². The van der Waals surface area contributed by atoms with Crippen molar-refractivity contribution < 1.29 is 27.1 Å². The van der Waals surface area contributed by atoms with E-state index < -0.39 is 27.9 Å². The molecule has 10 heteroatoms. The van der Waals surface area contributed by atoms with E-state index in [1.807, 2.05) is 0 Å². The van der Waals surface area contributed by atoms with Crippen LogP contribution >= 0.6 is 0 Å². The monoisotopic (exact) mass is 467 g/mol. The van der Waals surface area contributed by atoms with Crippen LogP contribution in [-0.4, -0.2) is 50.7 Å². The molecule has 1 aliphatic heterocycles. The zero-order valence-corrected chi connectivity index (χ0v) is 19.0. The van der Waals surface area contributed by atoms with Crippen molar-refractivity contribution >= 4 is 22.0 Å². The summed E-state index contributed by atoms with van der Waals surface area (Å²) < 4.78 is 47.1. The van der Waals surface area contributed by atoms with Crippen LogP contribution in [0.5, 0.6) is 5.75 Å². The third kappa shape index (κ3) is 7.03. The summed E-state index contributed by atoms with van der Waals surface area (Å²) >= 11 is 0. The first kappa shape index (κ1) is 24.2. The number of allylic oxidation sites excluding steroid dienone is 1. The van der Waals surface area contributed by atoms with E-state index in [-0.39, 0.29) is 30.3 Å². The highest BCUT2D eigenvalue weighted by Gasteiger charge is 2.22. The van der Waals surface area contributed by atoms with Crippen molar-refractivity contribution in [3.8, 4) is 5.75 Å². The summed E-state index contributed by atoms with van der Waals surface area (Å²) in [6.45, 7) is 2.83. The number of hydrogen-bond donors (Lipinski definition) is 2. The molecule has 0 unspecified atom stereocenters. The van der Waals surface area contributed by atoms with Crippen molar-refractivity contribution in [3.05, 3.63) is 41.7 Å². The zero-order valence-electron chi connectivity index (χ0n) is 18.2. The second-order valence-electron chi connectivity index (χ2n) is 8.27. The number of sulfonamides is 1. The average Bonchev–Trinajstić information content (AvgIpc) is 2.69. The van der Waals surface area contributed by atoms with E-state index in [0.717, 1.165) is 12.8 Å². The molecule has 3 amide bonds. The Morgan fingerprint density at radius 2 is 2.09 bits per heavy atom. The van der Waals surface area contributed by atoms with Gasteiger partial charge in [0.05, 0.1) is 12.4 Å². The van der Waals surface area contributed by atoms with E-state index in [2.05, 4.69) is 10.0 Å². The number of rotatable bonds is 11. The number of nitrogens with zero attached hydrogens (tertiary/aromatic N) is 1. The molecule has 0 radical (unpaired) electrons. The minimum absolute atomic E-state index is 0.120. The Morgan fingerprint density at radius 1 is 1.31 bits per heavy atom. The van der Waals surface area contributed by atoms with Crippen LogP contribution < -0.4 is 14.8 Å². The predicted octanol–water partition coefficient (Wildman–Crippen LogP) is 2.87. The Morgan fingerprint density at radius 3 is 2.78 bits per heavy atom. The number of benzene rings is 1. The summed E-state index contributed by atoms with van der Waals surface area (Å²) in [5.41, 5.74) is 0.625. The van der Waals surface area contributed by atoms with Crippen molar-refractivity contribution in [2.24, 2.45) is 5.92 Å². The molecule has 176 valence electrons. The van der Waals surface area contributed by atoms with Crippen molar-refractivity contribution in [1.29, 1.82) is 0 Å². The van der Waals surface area contributed by atoms with Crippen LogP contribution in [0.4, 0.5) is 9.18 Å².